The lowest BCUT2D eigenvalue weighted by Crippen LogP contribution is -2.06. The topological polar surface area (TPSA) is 67.9 Å². The zero-order chi connectivity index (χ0) is 8.27. The molecule has 0 bridgehead atoms. The standard InChI is InChI=1S/C5H6IN3O2/c1-2-11-4(10)3-7-5(6)9-8-3/h2H2,1H3,(H,7,8,9). The number of H-pyrrole nitrogens is 1. The maximum Gasteiger partial charge on any atom is 0.378 e. The SMILES string of the molecule is CCOC(=O)c1n[nH]c(I)n1. The zero-order valence-electron chi connectivity index (χ0n) is 5.80. The summed E-state index contributed by atoms with van der Waals surface area (Å²) < 4.78 is 5.23. The quantitative estimate of drug-likeness (QED) is 0.628. The van der Waals surface area contributed by atoms with Crippen LogP contribution in [0.1, 0.15) is 17.5 Å². The van der Waals surface area contributed by atoms with Crippen LogP contribution in [0, 0.1) is 3.83 Å². The first kappa shape index (κ1) is 8.44. The van der Waals surface area contributed by atoms with E-state index in [1.165, 1.54) is 0 Å². The van der Waals surface area contributed by atoms with Gasteiger partial charge in [0.1, 0.15) is 0 Å². The molecule has 0 aliphatic carbocycles. The van der Waals surface area contributed by atoms with Crippen LogP contribution in [0.3, 0.4) is 0 Å². The molecule has 0 saturated carbocycles. The molecule has 60 valence electrons. The van der Waals surface area contributed by atoms with Crippen LogP contribution >= 0.6 is 22.6 Å². The number of hydrogen-bond acceptors (Lipinski definition) is 4. The molecular weight excluding hydrogens is 261 g/mol. The summed E-state index contributed by atoms with van der Waals surface area (Å²) in [6.45, 7) is 2.07. The number of aromatic nitrogens is 3. The minimum absolute atomic E-state index is 0.0799. The van der Waals surface area contributed by atoms with Crippen LogP contribution in [0.5, 0.6) is 0 Å². The van der Waals surface area contributed by atoms with E-state index in [1.807, 2.05) is 22.6 Å². The Morgan fingerprint density at radius 2 is 2.55 bits per heavy atom. The van der Waals surface area contributed by atoms with E-state index < -0.39 is 5.97 Å². The van der Waals surface area contributed by atoms with Gasteiger partial charge >= 0.3 is 5.97 Å². The molecule has 0 atom stereocenters. The summed E-state index contributed by atoms with van der Waals surface area (Å²) in [5, 5.41) is 6.15. The van der Waals surface area contributed by atoms with Crippen molar-refractivity contribution in [3.8, 4) is 0 Å². The van der Waals surface area contributed by atoms with E-state index in [2.05, 4.69) is 19.9 Å². The van der Waals surface area contributed by atoms with Crippen molar-refractivity contribution in [1.82, 2.24) is 15.2 Å². The van der Waals surface area contributed by atoms with Gasteiger partial charge in [-0.05, 0) is 6.92 Å². The van der Waals surface area contributed by atoms with Gasteiger partial charge in [0.2, 0.25) is 0 Å². The molecule has 0 aliphatic heterocycles. The van der Waals surface area contributed by atoms with Gasteiger partial charge in [-0.2, -0.15) is 4.98 Å². The zero-order valence-corrected chi connectivity index (χ0v) is 7.95. The number of halogens is 1. The molecular formula is C5H6IN3O2. The summed E-state index contributed by atoms with van der Waals surface area (Å²) in [5.41, 5.74) is 0. The van der Waals surface area contributed by atoms with Crippen molar-refractivity contribution in [2.75, 3.05) is 6.61 Å². The van der Waals surface area contributed by atoms with Gasteiger partial charge < -0.3 is 4.74 Å². The van der Waals surface area contributed by atoms with Gasteiger partial charge in [0.15, 0.2) is 3.83 Å². The Hall–Kier alpha value is -0.660. The lowest BCUT2D eigenvalue weighted by atomic mass is 10.6. The maximum absolute atomic E-state index is 10.9. The summed E-state index contributed by atoms with van der Waals surface area (Å²) >= 11 is 1.93. The fourth-order valence-electron chi connectivity index (χ4n) is 0.529. The molecule has 1 N–H and O–H groups in total. The molecule has 0 aromatic carbocycles. The van der Waals surface area contributed by atoms with Crippen LogP contribution in [0.25, 0.3) is 0 Å². The Bertz CT molecular complexity index is 260. The highest BCUT2D eigenvalue weighted by atomic mass is 127. The number of ether oxygens (including phenoxy) is 1. The first-order valence-corrected chi connectivity index (χ1v) is 4.07. The summed E-state index contributed by atoms with van der Waals surface area (Å²) in [6.07, 6.45) is 0. The van der Waals surface area contributed by atoms with Crippen molar-refractivity contribution in [2.45, 2.75) is 6.92 Å². The van der Waals surface area contributed by atoms with Gasteiger partial charge in [0.25, 0.3) is 5.82 Å². The van der Waals surface area contributed by atoms with Gasteiger partial charge in [0, 0.05) is 22.6 Å². The third-order valence-electron chi connectivity index (χ3n) is 0.916. The first-order valence-electron chi connectivity index (χ1n) is 2.99. The van der Waals surface area contributed by atoms with Crippen LogP contribution in [-0.4, -0.2) is 27.8 Å². The van der Waals surface area contributed by atoms with Gasteiger partial charge in [-0.15, -0.1) is 5.10 Å². The Labute approximate surface area is 76.7 Å². The third kappa shape index (κ3) is 2.14. The fourth-order valence-corrected chi connectivity index (χ4v) is 0.878. The molecule has 0 fully saturated rings. The molecule has 6 heteroatoms. The van der Waals surface area contributed by atoms with Gasteiger partial charge in [-0.25, -0.2) is 4.79 Å². The largest absolute Gasteiger partial charge is 0.460 e. The predicted octanol–water partition coefficient (Wildman–Crippen LogP) is 0.586. The van der Waals surface area contributed by atoms with Crippen molar-refractivity contribution < 1.29 is 9.53 Å². The summed E-state index contributed by atoms with van der Waals surface area (Å²) in [4.78, 5) is 14.7. The summed E-state index contributed by atoms with van der Waals surface area (Å²) in [5.74, 6) is -0.414. The minimum Gasteiger partial charge on any atom is -0.460 e. The first-order chi connectivity index (χ1) is 5.24. The molecule has 5 nitrogen and oxygen atoms in total. The lowest BCUT2D eigenvalue weighted by molar-refractivity contribution is 0.0512. The average molecular weight is 267 g/mol. The lowest BCUT2D eigenvalue weighted by Gasteiger charge is -1.93. The Balaban J connectivity index is 2.69. The highest BCUT2D eigenvalue weighted by Crippen LogP contribution is 1.97. The Morgan fingerprint density at radius 3 is 3.00 bits per heavy atom. The van der Waals surface area contributed by atoms with E-state index in [4.69, 9.17) is 0 Å². The highest BCUT2D eigenvalue weighted by Gasteiger charge is 2.11. The van der Waals surface area contributed by atoms with E-state index in [9.17, 15) is 4.79 Å². The molecule has 0 amide bonds. The molecule has 1 aromatic rings. The number of carbonyl (C=O) groups is 1. The normalized spacial score (nSPS) is 9.64. The second-order valence-corrected chi connectivity index (χ2v) is 2.69. The molecule has 0 radical (unpaired) electrons. The van der Waals surface area contributed by atoms with Crippen molar-refractivity contribution >= 4 is 28.6 Å². The van der Waals surface area contributed by atoms with E-state index in [1.54, 1.807) is 6.92 Å². The van der Waals surface area contributed by atoms with Crippen molar-refractivity contribution in [3.05, 3.63) is 9.66 Å². The number of aromatic amines is 1. The van der Waals surface area contributed by atoms with E-state index in [0.29, 0.717) is 10.4 Å². The molecule has 0 unspecified atom stereocenters. The van der Waals surface area contributed by atoms with Crippen LogP contribution in [0.15, 0.2) is 0 Å². The number of hydrogen-bond donors (Lipinski definition) is 1. The van der Waals surface area contributed by atoms with E-state index in [0.717, 1.165) is 0 Å². The molecule has 1 rings (SSSR count). The summed E-state index contributed by atoms with van der Waals surface area (Å²) in [7, 11) is 0. The van der Waals surface area contributed by atoms with Crippen molar-refractivity contribution in [2.24, 2.45) is 0 Å². The number of carbonyl (C=O) groups excluding carboxylic acids is 1. The van der Waals surface area contributed by atoms with Crippen molar-refractivity contribution in [3.63, 3.8) is 0 Å². The summed E-state index contributed by atoms with van der Waals surface area (Å²) in [6, 6.07) is 0. The van der Waals surface area contributed by atoms with Crippen LogP contribution < -0.4 is 0 Å². The van der Waals surface area contributed by atoms with Crippen LogP contribution in [0.4, 0.5) is 0 Å². The maximum atomic E-state index is 10.9. The number of nitrogens with one attached hydrogen (secondary N) is 1. The minimum atomic E-state index is -0.494. The second kappa shape index (κ2) is 3.65. The number of nitrogens with zero attached hydrogens (tertiary/aromatic N) is 2. The number of esters is 1. The predicted molar refractivity (Wildman–Crippen MR) is 45.1 cm³/mol. The highest BCUT2D eigenvalue weighted by molar-refractivity contribution is 14.1. The smallest absolute Gasteiger partial charge is 0.378 e. The molecule has 1 aromatic heterocycles. The molecule has 11 heavy (non-hydrogen) atoms. The van der Waals surface area contributed by atoms with Gasteiger partial charge in [-0.3, -0.25) is 5.10 Å². The van der Waals surface area contributed by atoms with Gasteiger partial charge in [0.05, 0.1) is 6.61 Å². The van der Waals surface area contributed by atoms with Gasteiger partial charge in [-0.1, -0.05) is 0 Å². The Kier molecular flexibility index (Phi) is 2.80. The molecule has 1 heterocycles. The molecule has 0 spiro atoms. The number of rotatable bonds is 2. The van der Waals surface area contributed by atoms with Crippen LogP contribution in [0.2, 0.25) is 0 Å². The van der Waals surface area contributed by atoms with E-state index in [-0.39, 0.29) is 5.82 Å². The molecule has 0 aliphatic rings. The second-order valence-electron chi connectivity index (χ2n) is 1.67. The average Bonchev–Trinajstić information content (AvgIpc) is 2.36. The third-order valence-corrected chi connectivity index (χ3v) is 1.40. The fraction of sp³-hybridized carbons (Fsp3) is 0.400. The van der Waals surface area contributed by atoms with E-state index >= 15 is 0 Å². The molecule has 0 saturated heterocycles. The monoisotopic (exact) mass is 267 g/mol. The van der Waals surface area contributed by atoms with Crippen molar-refractivity contribution in [1.29, 1.82) is 0 Å². The Morgan fingerprint density at radius 1 is 1.82 bits per heavy atom. The van der Waals surface area contributed by atoms with Crippen LogP contribution in [-0.2, 0) is 4.74 Å².